The van der Waals surface area contributed by atoms with Gasteiger partial charge >= 0.3 is 0 Å². The molecule has 1 rings (SSSR count). The van der Waals surface area contributed by atoms with E-state index in [9.17, 15) is 0 Å². The van der Waals surface area contributed by atoms with Crippen molar-refractivity contribution in [2.24, 2.45) is 11.3 Å². The Morgan fingerprint density at radius 2 is 2.00 bits per heavy atom. The van der Waals surface area contributed by atoms with Crippen molar-refractivity contribution in [2.45, 2.75) is 46.1 Å². The van der Waals surface area contributed by atoms with Crippen LogP contribution in [0.1, 0.15) is 40.0 Å². The van der Waals surface area contributed by atoms with Crippen molar-refractivity contribution in [2.75, 3.05) is 13.2 Å². The number of aliphatic hydroxyl groups excluding tert-OH is 1. The molecule has 2 nitrogen and oxygen atoms in total. The van der Waals surface area contributed by atoms with Crippen molar-refractivity contribution < 1.29 is 5.11 Å². The Morgan fingerprint density at radius 1 is 1.38 bits per heavy atom. The highest BCUT2D eigenvalue weighted by molar-refractivity contribution is 4.95. The molecule has 1 aliphatic carbocycles. The third kappa shape index (κ3) is 2.96. The van der Waals surface area contributed by atoms with Gasteiger partial charge in [-0.1, -0.05) is 20.8 Å². The third-order valence-electron chi connectivity index (χ3n) is 3.28. The smallest absolute Gasteiger partial charge is 0.0499 e. The second-order valence-electron chi connectivity index (χ2n) is 4.80. The highest BCUT2D eigenvalue weighted by Gasteiger charge is 2.41. The largest absolute Gasteiger partial charge is 0.396 e. The molecule has 13 heavy (non-hydrogen) atoms. The number of nitrogens with one attached hydrogen (secondary N) is 1. The van der Waals surface area contributed by atoms with Gasteiger partial charge in [-0.3, -0.25) is 0 Å². The molecule has 0 aromatic rings. The van der Waals surface area contributed by atoms with Gasteiger partial charge in [0, 0.05) is 24.6 Å². The van der Waals surface area contributed by atoms with Gasteiger partial charge in [0.1, 0.15) is 0 Å². The number of aliphatic hydroxyl groups is 1. The van der Waals surface area contributed by atoms with Crippen molar-refractivity contribution in [1.82, 2.24) is 5.32 Å². The van der Waals surface area contributed by atoms with Crippen LogP contribution in [0, 0.1) is 11.3 Å². The van der Waals surface area contributed by atoms with Crippen molar-refractivity contribution in [3.63, 3.8) is 0 Å². The summed E-state index contributed by atoms with van der Waals surface area (Å²) in [6, 6.07) is 0.615. The molecule has 0 aromatic heterocycles. The monoisotopic (exact) mass is 185 g/mol. The zero-order valence-electron chi connectivity index (χ0n) is 9.14. The summed E-state index contributed by atoms with van der Waals surface area (Å²) in [6.45, 7) is 8.07. The van der Waals surface area contributed by atoms with Gasteiger partial charge in [0.2, 0.25) is 0 Å². The van der Waals surface area contributed by atoms with Crippen molar-refractivity contribution in [3.8, 4) is 0 Å². The maximum Gasteiger partial charge on any atom is 0.0499 e. The van der Waals surface area contributed by atoms with E-state index in [1.165, 1.54) is 19.3 Å². The summed E-state index contributed by atoms with van der Waals surface area (Å²) in [7, 11) is 0. The third-order valence-corrected chi connectivity index (χ3v) is 3.28. The molecule has 1 fully saturated rings. The molecule has 0 amide bonds. The summed E-state index contributed by atoms with van der Waals surface area (Å²) in [5.74, 6) is 0.694. The molecular weight excluding hydrogens is 162 g/mol. The molecule has 1 saturated carbocycles. The summed E-state index contributed by atoms with van der Waals surface area (Å²) in [4.78, 5) is 0. The fraction of sp³-hybridized carbons (Fsp3) is 1.00. The van der Waals surface area contributed by atoms with E-state index in [1.54, 1.807) is 0 Å². The Hall–Kier alpha value is -0.0800. The van der Waals surface area contributed by atoms with Gasteiger partial charge < -0.3 is 10.4 Å². The van der Waals surface area contributed by atoms with Crippen LogP contribution in [0.3, 0.4) is 0 Å². The van der Waals surface area contributed by atoms with Crippen LogP contribution < -0.4 is 5.32 Å². The lowest BCUT2D eigenvalue weighted by Gasteiger charge is -2.23. The summed E-state index contributed by atoms with van der Waals surface area (Å²) < 4.78 is 0. The van der Waals surface area contributed by atoms with Crippen LogP contribution in [0.4, 0.5) is 0 Å². The van der Waals surface area contributed by atoms with Crippen LogP contribution >= 0.6 is 0 Å². The lowest BCUT2D eigenvalue weighted by molar-refractivity contribution is 0.199. The minimum atomic E-state index is 0.252. The Balaban J connectivity index is 2.23. The van der Waals surface area contributed by atoms with E-state index in [4.69, 9.17) is 5.11 Å². The Kier molecular flexibility index (Phi) is 3.74. The minimum absolute atomic E-state index is 0.252. The van der Waals surface area contributed by atoms with E-state index in [2.05, 4.69) is 26.1 Å². The number of hydrogen-bond donors (Lipinski definition) is 2. The molecule has 0 saturated heterocycles. The maximum atomic E-state index is 9.14. The second kappa shape index (κ2) is 4.43. The van der Waals surface area contributed by atoms with E-state index in [0.29, 0.717) is 18.6 Å². The number of hydrogen-bond acceptors (Lipinski definition) is 2. The van der Waals surface area contributed by atoms with Crippen LogP contribution in [0.25, 0.3) is 0 Å². The fourth-order valence-corrected chi connectivity index (χ4v) is 1.77. The molecular formula is C11H23NO. The molecule has 1 aliphatic rings. The molecule has 0 radical (unpaired) electrons. The molecule has 1 unspecified atom stereocenters. The minimum Gasteiger partial charge on any atom is -0.396 e. The van der Waals surface area contributed by atoms with Crippen molar-refractivity contribution >= 4 is 0 Å². The van der Waals surface area contributed by atoms with Gasteiger partial charge in [0.25, 0.3) is 0 Å². The molecule has 78 valence electrons. The van der Waals surface area contributed by atoms with Crippen LogP contribution in [0.5, 0.6) is 0 Å². The lowest BCUT2D eigenvalue weighted by Crippen LogP contribution is -2.38. The highest BCUT2D eigenvalue weighted by atomic mass is 16.3. The van der Waals surface area contributed by atoms with E-state index in [0.717, 1.165) is 6.54 Å². The molecule has 0 heterocycles. The molecule has 1 atom stereocenters. The molecule has 0 spiro atoms. The summed E-state index contributed by atoms with van der Waals surface area (Å²) >= 11 is 0. The first-order chi connectivity index (χ1) is 6.13. The van der Waals surface area contributed by atoms with Crippen LogP contribution in [0.15, 0.2) is 0 Å². The Morgan fingerprint density at radius 3 is 2.31 bits per heavy atom. The van der Waals surface area contributed by atoms with Gasteiger partial charge in [0.15, 0.2) is 0 Å². The Labute approximate surface area is 81.7 Å². The lowest BCUT2D eigenvalue weighted by atomic mass is 10.0. The van der Waals surface area contributed by atoms with Crippen LogP contribution in [-0.4, -0.2) is 24.3 Å². The van der Waals surface area contributed by atoms with Crippen LogP contribution in [-0.2, 0) is 0 Å². The zero-order chi connectivity index (χ0) is 9.90. The van der Waals surface area contributed by atoms with Gasteiger partial charge in [-0.25, -0.2) is 0 Å². The first-order valence-corrected chi connectivity index (χ1v) is 5.48. The topological polar surface area (TPSA) is 32.3 Å². The molecule has 2 heteroatoms. The standard InChI is InChI=1S/C11H23NO/c1-4-10(9(2)3)12-7-11(8-13)5-6-11/h9-10,12-13H,4-8H2,1-3H3. The van der Waals surface area contributed by atoms with Crippen molar-refractivity contribution in [1.29, 1.82) is 0 Å². The van der Waals surface area contributed by atoms with Crippen LogP contribution in [0.2, 0.25) is 0 Å². The Bertz CT molecular complexity index is 152. The molecule has 0 aliphatic heterocycles. The molecule has 0 aromatic carbocycles. The first-order valence-electron chi connectivity index (χ1n) is 5.48. The fourth-order valence-electron chi connectivity index (χ4n) is 1.77. The van der Waals surface area contributed by atoms with Gasteiger partial charge in [-0.2, -0.15) is 0 Å². The quantitative estimate of drug-likeness (QED) is 0.661. The van der Waals surface area contributed by atoms with E-state index in [1.807, 2.05) is 0 Å². The SMILES string of the molecule is CCC(NCC1(CO)CC1)C(C)C. The summed E-state index contributed by atoms with van der Waals surface area (Å²) in [5, 5.41) is 12.7. The van der Waals surface area contributed by atoms with E-state index >= 15 is 0 Å². The second-order valence-corrected chi connectivity index (χ2v) is 4.80. The average Bonchev–Trinajstić information content (AvgIpc) is 2.86. The average molecular weight is 185 g/mol. The van der Waals surface area contributed by atoms with Crippen molar-refractivity contribution in [3.05, 3.63) is 0 Å². The molecule has 2 N–H and O–H groups in total. The first kappa shape index (κ1) is 11.0. The zero-order valence-corrected chi connectivity index (χ0v) is 9.14. The van der Waals surface area contributed by atoms with E-state index < -0.39 is 0 Å². The molecule has 0 bridgehead atoms. The summed E-state index contributed by atoms with van der Waals surface area (Å²) in [5.41, 5.74) is 0.252. The normalized spacial score (nSPS) is 21.9. The highest BCUT2D eigenvalue weighted by Crippen LogP contribution is 2.44. The van der Waals surface area contributed by atoms with Gasteiger partial charge in [0.05, 0.1) is 0 Å². The summed E-state index contributed by atoms with van der Waals surface area (Å²) in [6.07, 6.45) is 3.58. The predicted octanol–water partition coefficient (Wildman–Crippen LogP) is 1.78. The van der Waals surface area contributed by atoms with E-state index in [-0.39, 0.29) is 5.41 Å². The van der Waals surface area contributed by atoms with Gasteiger partial charge in [-0.15, -0.1) is 0 Å². The predicted molar refractivity (Wildman–Crippen MR) is 55.7 cm³/mol. The maximum absolute atomic E-state index is 9.14. The number of rotatable bonds is 6. The van der Waals surface area contributed by atoms with Gasteiger partial charge in [-0.05, 0) is 25.2 Å².